The van der Waals surface area contributed by atoms with E-state index < -0.39 is 0 Å². The van der Waals surface area contributed by atoms with Gasteiger partial charge in [-0.25, -0.2) is 4.79 Å². The second-order valence-corrected chi connectivity index (χ2v) is 4.40. The van der Waals surface area contributed by atoms with Crippen molar-refractivity contribution in [1.82, 2.24) is 15.1 Å². The topological polar surface area (TPSA) is 35.6 Å². The molecular weight excluding hydrogens is 202 g/mol. The molecule has 2 heterocycles. The molecule has 0 unspecified atom stereocenters. The van der Waals surface area contributed by atoms with E-state index >= 15 is 0 Å². The highest BCUT2D eigenvalue weighted by Crippen LogP contribution is 2.18. The average molecular weight is 221 g/mol. The lowest BCUT2D eigenvalue weighted by molar-refractivity contribution is 0.166. The first-order valence-electron chi connectivity index (χ1n) is 6.02. The Kier molecular flexibility index (Phi) is 3.68. The molecule has 2 fully saturated rings. The number of terminal acetylenes is 1. The molecule has 1 N–H and O–H groups in total. The molecule has 0 spiro atoms. The van der Waals surface area contributed by atoms with E-state index in [4.69, 9.17) is 6.42 Å². The standard InChI is InChI=1S/C12H19N3O/c1-2-3-8-14-9-10-15(12(14)16)11-4-6-13-7-5-11/h1,11,13H,3-10H2. The van der Waals surface area contributed by atoms with Crippen LogP contribution in [0.15, 0.2) is 0 Å². The molecular formula is C12H19N3O. The van der Waals surface area contributed by atoms with E-state index in [2.05, 4.69) is 11.2 Å². The van der Waals surface area contributed by atoms with Gasteiger partial charge in [0, 0.05) is 32.1 Å². The number of amides is 2. The molecule has 0 saturated carbocycles. The van der Waals surface area contributed by atoms with Crippen molar-refractivity contribution in [2.75, 3.05) is 32.7 Å². The third-order valence-corrected chi connectivity index (χ3v) is 3.40. The molecule has 0 aromatic rings. The first-order valence-corrected chi connectivity index (χ1v) is 6.02. The monoisotopic (exact) mass is 221 g/mol. The maximum Gasteiger partial charge on any atom is 0.320 e. The molecule has 0 aromatic heterocycles. The van der Waals surface area contributed by atoms with Crippen molar-refractivity contribution in [2.24, 2.45) is 0 Å². The lowest BCUT2D eigenvalue weighted by Crippen LogP contribution is -2.45. The summed E-state index contributed by atoms with van der Waals surface area (Å²) in [5, 5.41) is 3.32. The van der Waals surface area contributed by atoms with Crippen LogP contribution in [-0.4, -0.2) is 54.6 Å². The van der Waals surface area contributed by atoms with E-state index in [-0.39, 0.29) is 6.03 Å². The minimum Gasteiger partial charge on any atom is -0.322 e. The normalized spacial score (nSPS) is 22.6. The molecule has 2 aliphatic rings. The first-order chi connectivity index (χ1) is 7.83. The van der Waals surface area contributed by atoms with Gasteiger partial charge in [-0.2, -0.15) is 0 Å². The van der Waals surface area contributed by atoms with Gasteiger partial charge in [0.2, 0.25) is 0 Å². The Morgan fingerprint density at radius 2 is 2.12 bits per heavy atom. The minimum absolute atomic E-state index is 0.183. The molecule has 4 heteroatoms. The highest BCUT2D eigenvalue weighted by Gasteiger charge is 2.33. The Morgan fingerprint density at radius 3 is 2.81 bits per heavy atom. The van der Waals surface area contributed by atoms with Crippen molar-refractivity contribution in [2.45, 2.75) is 25.3 Å². The number of hydrogen-bond donors (Lipinski definition) is 1. The summed E-state index contributed by atoms with van der Waals surface area (Å²) in [7, 11) is 0. The Morgan fingerprint density at radius 1 is 1.38 bits per heavy atom. The predicted molar refractivity (Wildman–Crippen MR) is 63.0 cm³/mol. The van der Waals surface area contributed by atoms with Crippen LogP contribution in [0.4, 0.5) is 4.79 Å². The molecule has 2 saturated heterocycles. The number of rotatable bonds is 3. The fourth-order valence-corrected chi connectivity index (χ4v) is 2.47. The number of nitrogens with zero attached hydrogens (tertiary/aromatic N) is 2. The number of carbonyl (C=O) groups excluding carboxylic acids is 1. The summed E-state index contributed by atoms with van der Waals surface area (Å²) in [5.74, 6) is 2.59. The third-order valence-electron chi connectivity index (χ3n) is 3.40. The largest absolute Gasteiger partial charge is 0.322 e. The maximum absolute atomic E-state index is 12.1. The van der Waals surface area contributed by atoms with Crippen LogP contribution in [0.3, 0.4) is 0 Å². The first kappa shape index (κ1) is 11.3. The van der Waals surface area contributed by atoms with Crippen molar-refractivity contribution in [3.63, 3.8) is 0 Å². The zero-order chi connectivity index (χ0) is 11.4. The number of hydrogen-bond acceptors (Lipinski definition) is 2. The van der Waals surface area contributed by atoms with Gasteiger partial charge in [-0.15, -0.1) is 12.3 Å². The zero-order valence-corrected chi connectivity index (χ0v) is 9.61. The van der Waals surface area contributed by atoms with Gasteiger partial charge in [-0.1, -0.05) is 0 Å². The Hall–Kier alpha value is -1.21. The quantitative estimate of drug-likeness (QED) is 0.704. The predicted octanol–water partition coefficient (Wildman–Crippen LogP) is 0.499. The van der Waals surface area contributed by atoms with Crippen molar-refractivity contribution < 1.29 is 4.79 Å². The van der Waals surface area contributed by atoms with Crippen LogP contribution in [0.5, 0.6) is 0 Å². The van der Waals surface area contributed by atoms with E-state index in [0.717, 1.165) is 39.0 Å². The van der Waals surface area contributed by atoms with Crippen LogP contribution in [0, 0.1) is 12.3 Å². The second-order valence-electron chi connectivity index (χ2n) is 4.40. The molecule has 2 aliphatic heterocycles. The van der Waals surface area contributed by atoms with Gasteiger partial charge in [-0.05, 0) is 25.9 Å². The van der Waals surface area contributed by atoms with Crippen LogP contribution in [0.1, 0.15) is 19.3 Å². The summed E-state index contributed by atoms with van der Waals surface area (Å²) in [4.78, 5) is 16.0. The Balaban J connectivity index is 1.88. The molecule has 0 radical (unpaired) electrons. The molecule has 0 aromatic carbocycles. The van der Waals surface area contributed by atoms with Crippen molar-refractivity contribution in [3.8, 4) is 12.3 Å². The van der Waals surface area contributed by atoms with Gasteiger partial charge in [0.05, 0.1) is 0 Å². The lowest BCUT2D eigenvalue weighted by Gasteiger charge is -2.31. The fourth-order valence-electron chi connectivity index (χ4n) is 2.47. The number of piperidine rings is 1. The molecule has 4 nitrogen and oxygen atoms in total. The van der Waals surface area contributed by atoms with Crippen LogP contribution in [-0.2, 0) is 0 Å². The second kappa shape index (κ2) is 5.22. The Bertz CT molecular complexity index is 291. The number of urea groups is 1. The average Bonchev–Trinajstić information content (AvgIpc) is 2.69. The minimum atomic E-state index is 0.183. The maximum atomic E-state index is 12.1. The van der Waals surface area contributed by atoms with Gasteiger partial charge < -0.3 is 15.1 Å². The van der Waals surface area contributed by atoms with Crippen LogP contribution in [0.25, 0.3) is 0 Å². The Labute approximate surface area is 97.0 Å². The summed E-state index contributed by atoms with van der Waals surface area (Å²) in [5.41, 5.74) is 0. The number of carbonyl (C=O) groups is 1. The zero-order valence-electron chi connectivity index (χ0n) is 9.61. The van der Waals surface area contributed by atoms with E-state index in [1.54, 1.807) is 0 Å². The van der Waals surface area contributed by atoms with Gasteiger partial charge >= 0.3 is 6.03 Å². The third kappa shape index (κ3) is 2.30. The molecule has 0 bridgehead atoms. The summed E-state index contributed by atoms with van der Waals surface area (Å²) in [6.45, 7) is 4.47. The highest BCUT2D eigenvalue weighted by atomic mass is 16.2. The van der Waals surface area contributed by atoms with Crippen LogP contribution < -0.4 is 5.32 Å². The van der Waals surface area contributed by atoms with Crippen molar-refractivity contribution in [1.29, 1.82) is 0 Å². The molecule has 0 aliphatic carbocycles. The van der Waals surface area contributed by atoms with Crippen molar-refractivity contribution >= 4 is 6.03 Å². The highest BCUT2D eigenvalue weighted by molar-refractivity contribution is 5.76. The van der Waals surface area contributed by atoms with E-state index in [1.165, 1.54) is 0 Å². The molecule has 88 valence electrons. The summed E-state index contributed by atoms with van der Waals surface area (Å²) in [6, 6.07) is 0.617. The summed E-state index contributed by atoms with van der Waals surface area (Å²) in [6.07, 6.45) is 8.03. The summed E-state index contributed by atoms with van der Waals surface area (Å²) < 4.78 is 0. The number of nitrogens with one attached hydrogen (secondary N) is 1. The van der Waals surface area contributed by atoms with Gasteiger partial charge in [0.15, 0.2) is 0 Å². The van der Waals surface area contributed by atoms with E-state index in [9.17, 15) is 4.79 Å². The van der Waals surface area contributed by atoms with Crippen LogP contribution >= 0.6 is 0 Å². The molecule has 16 heavy (non-hydrogen) atoms. The molecule has 2 rings (SSSR count). The van der Waals surface area contributed by atoms with Crippen LogP contribution in [0.2, 0.25) is 0 Å². The van der Waals surface area contributed by atoms with Crippen molar-refractivity contribution in [3.05, 3.63) is 0 Å². The smallest absolute Gasteiger partial charge is 0.320 e. The molecule has 2 amide bonds. The van der Waals surface area contributed by atoms with Gasteiger partial charge in [0.25, 0.3) is 0 Å². The molecule has 0 atom stereocenters. The summed E-state index contributed by atoms with van der Waals surface area (Å²) >= 11 is 0. The lowest BCUT2D eigenvalue weighted by atomic mass is 10.1. The van der Waals surface area contributed by atoms with Gasteiger partial charge in [-0.3, -0.25) is 0 Å². The fraction of sp³-hybridized carbons (Fsp3) is 0.750. The van der Waals surface area contributed by atoms with E-state index in [0.29, 0.717) is 19.0 Å². The van der Waals surface area contributed by atoms with E-state index in [1.807, 2.05) is 9.80 Å². The van der Waals surface area contributed by atoms with Gasteiger partial charge in [0.1, 0.15) is 0 Å². The SMILES string of the molecule is C#CCCN1CCN(C2CCNCC2)C1=O.